The summed E-state index contributed by atoms with van der Waals surface area (Å²) in [4.78, 5) is 10.6. The van der Waals surface area contributed by atoms with Crippen LogP contribution in [0.2, 0.25) is 0 Å². The van der Waals surface area contributed by atoms with Crippen molar-refractivity contribution in [2.45, 2.75) is 0 Å². The average Bonchev–Trinajstić information content (AvgIpc) is 3.83. The Bertz CT molecular complexity index is 3110. The topological polar surface area (TPSA) is 57.0 Å². The molecule has 11 aromatic rings. The molecule has 0 bridgehead atoms. The minimum atomic E-state index is 0.598. The van der Waals surface area contributed by atoms with Crippen molar-refractivity contribution in [1.82, 2.24) is 14.5 Å². The number of nitrogens with zero attached hydrogens (tertiary/aromatic N) is 3. The van der Waals surface area contributed by atoms with Crippen molar-refractivity contribution in [2.75, 3.05) is 0 Å². The molecule has 0 atom stereocenters. The highest BCUT2D eigenvalue weighted by atomic mass is 16.3. The van der Waals surface area contributed by atoms with Crippen LogP contribution in [0.25, 0.3) is 105 Å². The van der Waals surface area contributed by atoms with Gasteiger partial charge in [-0.2, -0.15) is 0 Å². The molecule has 0 amide bonds. The third kappa shape index (κ3) is 3.81. The molecule has 0 N–H and O–H groups in total. The van der Waals surface area contributed by atoms with E-state index in [2.05, 4.69) is 120 Å². The summed E-state index contributed by atoms with van der Waals surface area (Å²) >= 11 is 0. The van der Waals surface area contributed by atoms with Crippen LogP contribution in [0.4, 0.5) is 0 Å². The van der Waals surface area contributed by atoms with Gasteiger partial charge in [0.1, 0.15) is 28.0 Å². The molecule has 0 aliphatic heterocycles. The van der Waals surface area contributed by atoms with Gasteiger partial charge in [0.05, 0.1) is 11.0 Å². The van der Waals surface area contributed by atoms with Crippen LogP contribution < -0.4 is 0 Å². The number of hydrogen-bond acceptors (Lipinski definition) is 4. The van der Waals surface area contributed by atoms with Gasteiger partial charge < -0.3 is 8.83 Å². The lowest BCUT2D eigenvalue weighted by Crippen LogP contribution is -2.02. The van der Waals surface area contributed by atoms with Gasteiger partial charge in [-0.3, -0.25) is 4.57 Å². The summed E-state index contributed by atoms with van der Waals surface area (Å²) in [5.41, 5.74) is 9.82. The Hall–Kier alpha value is -6.72. The number of hydrogen-bond donors (Lipinski definition) is 0. The lowest BCUT2D eigenvalue weighted by Gasteiger charge is -2.10. The number of fused-ring (bicyclic) bond motifs is 10. The van der Waals surface area contributed by atoms with Gasteiger partial charge in [0.2, 0.25) is 5.95 Å². The van der Waals surface area contributed by atoms with Crippen LogP contribution in [0.3, 0.4) is 0 Å². The second-order valence-corrected chi connectivity index (χ2v) is 12.6. The molecule has 0 aliphatic carbocycles. The Morgan fingerprint density at radius 3 is 2.04 bits per heavy atom. The van der Waals surface area contributed by atoms with Crippen molar-refractivity contribution in [3.05, 3.63) is 152 Å². The van der Waals surface area contributed by atoms with Crippen molar-refractivity contribution in [3.8, 4) is 28.3 Å². The predicted molar refractivity (Wildman–Crippen MR) is 199 cm³/mol. The molecule has 4 heterocycles. The Morgan fingerprint density at radius 2 is 1.14 bits per heavy atom. The molecule has 0 unspecified atom stereocenters. The number of aromatic nitrogens is 3. The lowest BCUT2D eigenvalue weighted by atomic mass is 10.0. The Labute approximate surface area is 279 Å². The summed E-state index contributed by atoms with van der Waals surface area (Å²) in [7, 11) is 0. The van der Waals surface area contributed by atoms with Gasteiger partial charge in [0, 0.05) is 38.1 Å². The van der Waals surface area contributed by atoms with Crippen LogP contribution >= 0.6 is 0 Å². The summed E-state index contributed by atoms with van der Waals surface area (Å²) in [6, 6.07) is 52.6. The van der Waals surface area contributed by atoms with Crippen LogP contribution in [0.1, 0.15) is 0 Å². The van der Waals surface area contributed by atoms with Gasteiger partial charge in [-0.15, -0.1) is 0 Å². The van der Waals surface area contributed by atoms with E-state index in [1.807, 2.05) is 36.4 Å². The number of benzene rings is 7. The van der Waals surface area contributed by atoms with Crippen molar-refractivity contribution in [2.24, 2.45) is 0 Å². The van der Waals surface area contributed by atoms with Crippen LogP contribution in [0, 0.1) is 0 Å². The minimum absolute atomic E-state index is 0.598. The van der Waals surface area contributed by atoms with Crippen LogP contribution in [-0.4, -0.2) is 14.5 Å². The fourth-order valence-electron chi connectivity index (χ4n) is 7.54. The van der Waals surface area contributed by atoms with E-state index in [1.54, 1.807) is 0 Å². The first-order valence-corrected chi connectivity index (χ1v) is 16.4. The third-order valence-electron chi connectivity index (χ3n) is 9.80. The highest BCUT2D eigenvalue weighted by Crippen LogP contribution is 2.41. The molecule has 49 heavy (non-hydrogen) atoms. The van der Waals surface area contributed by atoms with E-state index in [9.17, 15) is 0 Å². The van der Waals surface area contributed by atoms with Crippen LogP contribution in [0.15, 0.2) is 160 Å². The minimum Gasteiger partial charge on any atom is -0.455 e. The van der Waals surface area contributed by atoms with Crippen molar-refractivity contribution in [1.29, 1.82) is 0 Å². The SMILES string of the molecule is c1ccc(-c2nc(-n3c4ccccc4c4cc5ccccc5cc43)nc3c2oc2ccc(-c4cccc5c4oc4ccccc45)cc23)cc1. The molecule has 0 aliphatic rings. The quantitative estimate of drug-likeness (QED) is 0.196. The molecular weight excluding hydrogens is 603 g/mol. The standard InChI is InChI=1S/C44H25N3O2/c1-2-11-26(12-3-1)40-43-41(35-24-29(21-22-39(35)49-43)30-17-10-18-33-32-16-7-9-20-38(32)48-42(30)33)46-44(45-40)47-36-19-8-6-15-31(36)34-23-27-13-4-5-14-28(27)25-37(34)47/h1-25H. The first-order chi connectivity index (χ1) is 24.3. The fourth-order valence-corrected chi connectivity index (χ4v) is 7.54. The molecule has 11 rings (SSSR count). The first kappa shape index (κ1) is 26.4. The molecule has 0 spiro atoms. The summed E-state index contributed by atoms with van der Waals surface area (Å²) in [6.45, 7) is 0. The summed E-state index contributed by atoms with van der Waals surface area (Å²) in [6.07, 6.45) is 0. The predicted octanol–water partition coefficient (Wildman–Crippen LogP) is 11.9. The zero-order chi connectivity index (χ0) is 32.1. The number of para-hydroxylation sites is 3. The smallest absolute Gasteiger partial charge is 0.236 e. The van der Waals surface area contributed by atoms with E-state index in [-0.39, 0.29) is 0 Å². The van der Waals surface area contributed by atoms with Crippen molar-refractivity contribution in [3.63, 3.8) is 0 Å². The van der Waals surface area contributed by atoms with Gasteiger partial charge in [0.15, 0.2) is 5.58 Å². The van der Waals surface area contributed by atoms with Gasteiger partial charge in [-0.1, -0.05) is 115 Å². The Kier molecular flexibility index (Phi) is 5.32. The van der Waals surface area contributed by atoms with Gasteiger partial charge in [-0.25, -0.2) is 9.97 Å². The maximum Gasteiger partial charge on any atom is 0.236 e. The second-order valence-electron chi connectivity index (χ2n) is 12.6. The van der Waals surface area contributed by atoms with Gasteiger partial charge >= 0.3 is 0 Å². The van der Waals surface area contributed by atoms with Crippen molar-refractivity contribution >= 4 is 76.6 Å². The molecule has 4 aromatic heterocycles. The molecule has 0 fully saturated rings. The Balaban J connectivity index is 1.22. The maximum atomic E-state index is 6.61. The summed E-state index contributed by atoms with van der Waals surface area (Å²) < 4.78 is 15.2. The monoisotopic (exact) mass is 627 g/mol. The molecular formula is C44H25N3O2. The lowest BCUT2D eigenvalue weighted by molar-refractivity contribution is 0.666. The molecule has 0 radical (unpaired) electrons. The molecule has 5 nitrogen and oxygen atoms in total. The van der Waals surface area contributed by atoms with E-state index in [4.69, 9.17) is 18.8 Å². The third-order valence-corrected chi connectivity index (χ3v) is 9.80. The van der Waals surface area contributed by atoms with Crippen LogP contribution in [0.5, 0.6) is 0 Å². The molecule has 5 heteroatoms. The van der Waals surface area contributed by atoms with E-state index >= 15 is 0 Å². The van der Waals surface area contributed by atoms with Gasteiger partial charge in [-0.05, 0) is 52.7 Å². The number of furan rings is 2. The van der Waals surface area contributed by atoms with E-state index in [1.165, 1.54) is 10.8 Å². The van der Waals surface area contributed by atoms with E-state index in [0.717, 1.165) is 82.6 Å². The zero-order valence-electron chi connectivity index (χ0n) is 26.1. The first-order valence-electron chi connectivity index (χ1n) is 16.4. The normalized spacial score (nSPS) is 12.1. The zero-order valence-corrected chi connectivity index (χ0v) is 26.1. The van der Waals surface area contributed by atoms with Gasteiger partial charge in [0.25, 0.3) is 0 Å². The highest BCUT2D eigenvalue weighted by molar-refractivity contribution is 6.15. The highest BCUT2D eigenvalue weighted by Gasteiger charge is 2.22. The van der Waals surface area contributed by atoms with Crippen LogP contribution in [-0.2, 0) is 0 Å². The molecule has 7 aromatic carbocycles. The average molecular weight is 628 g/mol. The summed E-state index contributed by atoms with van der Waals surface area (Å²) in [5, 5.41) is 7.82. The molecule has 228 valence electrons. The Morgan fingerprint density at radius 1 is 0.429 bits per heavy atom. The molecule has 0 saturated heterocycles. The summed E-state index contributed by atoms with van der Waals surface area (Å²) in [5.74, 6) is 0.598. The van der Waals surface area contributed by atoms with Crippen molar-refractivity contribution < 1.29 is 8.83 Å². The van der Waals surface area contributed by atoms with E-state index in [0.29, 0.717) is 11.5 Å². The second kappa shape index (κ2) is 9.89. The molecule has 0 saturated carbocycles. The fraction of sp³-hybridized carbons (Fsp3) is 0. The van der Waals surface area contributed by atoms with E-state index < -0.39 is 0 Å². The maximum absolute atomic E-state index is 6.61. The largest absolute Gasteiger partial charge is 0.455 e. The number of rotatable bonds is 3.